The molecule has 2 unspecified atom stereocenters. The zero-order valence-corrected chi connectivity index (χ0v) is 13.2. The highest BCUT2D eigenvalue weighted by molar-refractivity contribution is 5.21. The van der Waals surface area contributed by atoms with Crippen LogP contribution >= 0.6 is 0 Å². The van der Waals surface area contributed by atoms with Crippen LogP contribution in [0.25, 0.3) is 0 Å². The molecular weight excluding hydrogens is 272 g/mol. The smallest absolute Gasteiger partial charge is 0.135 e. The first-order valence-corrected chi connectivity index (χ1v) is 7.89. The largest absolute Gasteiger partial charge is 0.487 e. The Bertz CT molecular complexity index is 574. The van der Waals surface area contributed by atoms with Gasteiger partial charge in [0.05, 0.1) is 0 Å². The number of hydrogen-bond acceptors (Lipinski definition) is 2. The number of benzene rings is 2. The molecule has 22 heavy (non-hydrogen) atoms. The molecule has 2 nitrogen and oxygen atoms in total. The summed E-state index contributed by atoms with van der Waals surface area (Å²) in [6.07, 6.45) is 2.05. The number of hydrogen-bond donors (Lipinski definition) is 0. The molecule has 0 radical (unpaired) electrons. The molecule has 2 aromatic carbocycles. The van der Waals surface area contributed by atoms with Crippen molar-refractivity contribution in [2.75, 3.05) is 0 Å². The van der Waals surface area contributed by atoms with Crippen LogP contribution in [-0.2, 0) is 9.47 Å². The minimum absolute atomic E-state index is 0.0575. The van der Waals surface area contributed by atoms with E-state index in [1.54, 1.807) is 0 Å². The molecule has 0 saturated carbocycles. The third-order valence-corrected chi connectivity index (χ3v) is 4.07. The lowest BCUT2D eigenvalue weighted by molar-refractivity contribution is 0.0473. The van der Waals surface area contributed by atoms with Gasteiger partial charge >= 0.3 is 0 Å². The molecule has 0 N–H and O–H groups in total. The van der Waals surface area contributed by atoms with Gasteiger partial charge in [0.2, 0.25) is 0 Å². The molecular formula is C20H22O2. The van der Waals surface area contributed by atoms with Crippen molar-refractivity contribution in [3.63, 3.8) is 0 Å². The first-order valence-electron chi connectivity index (χ1n) is 7.89. The Hall–Kier alpha value is -2.22. The second kappa shape index (κ2) is 6.69. The first kappa shape index (κ1) is 14.7. The molecule has 3 rings (SSSR count). The second-order valence-corrected chi connectivity index (χ2v) is 5.69. The third kappa shape index (κ3) is 3.33. The molecule has 2 aromatic rings. The van der Waals surface area contributed by atoms with Gasteiger partial charge in [-0.3, -0.25) is 0 Å². The van der Waals surface area contributed by atoms with E-state index in [2.05, 4.69) is 38.1 Å². The monoisotopic (exact) mass is 294 g/mol. The molecule has 0 fully saturated rings. The zero-order valence-electron chi connectivity index (χ0n) is 13.2. The van der Waals surface area contributed by atoms with Gasteiger partial charge in [-0.25, -0.2) is 0 Å². The van der Waals surface area contributed by atoms with Crippen molar-refractivity contribution in [2.24, 2.45) is 0 Å². The van der Waals surface area contributed by atoms with Crippen molar-refractivity contribution in [3.8, 4) is 0 Å². The molecule has 0 aliphatic heterocycles. The molecule has 0 saturated heterocycles. The maximum atomic E-state index is 6.08. The summed E-state index contributed by atoms with van der Waals surface area (Å²) in [5, 5.41) is 0. The molecule has 1 aliphatic rings. The van der Waals surface area contributed by atoms with Gasteiger partial charge in [0.15, 0.2) is 0 Å². The maximum absolute atomic E-state index is 6.08. The van der Waals surface area contributed by atoms with Crippen LogP contribution in [0.4, 0.5) is 0 Å². The van der Waals surface area contributed by atoms with Crippen molar-refractivity contribution in [1.29, 1.82) is 0 Å². The minimum Gasteiger partial charge on any atom is -0.487 e. The fraction of sp³-hybridized carbons (Fsp3) is 0.300. The van der Waals surface area contributed by atoms with Gasteiger partial charge in [-0.05, 0) is 25.0 Å². The predicted molar refractivity (Wildman–Crippen MR) is 88.1 cm³/mol. The van der Waals surface area contributed by atoms with Crippen molar-refractivity contribution < 1.29 is 9.47 Å². The molecule has 0 spiro atoms. The van der Waals surface area contributed by atoms with Crippen LogP contribution < -0.4 is 0 Å². The summed E-state index contributed by atoms with van der Waals surface area (Å²) >= 11 is 0. The molecule has 0 bridgehead atoms. The summed E-state index contributed by atoms with van der Waals surface area (Å²) < 4.78 is 12.2. The Morgan fingerprint density at radius 1 is 0.636 bits per heavy atom. The number of ether oxygens (including phenoxy) is 2. The fourth-order valence-corrected chi connectivity index (χ4v) is 2.59. The second-order valence-electron chi connectivity index (χ2n) is 5.69. The van der Waals surface area contributed by atoms with Crippen LogP contribution in [-0.4, -0.2) is 0 Å². The molecule has 0 amide bonds. The van der Waals surface area contributed by atoms with E-state index in [-0.39, 0.29) is 12.2 Å². The van der Waals surface area contributed by atoms with Crippen molar-refractivity contribution in [2.45, 2.75) is 38.9 Å². The Balaban J connectivity index is 1.64. The molecule has 2 atom stereocenters. The topological polar surface area (TPSA) is 18.5 Å². The molecule has 0 heterocycles. The van der Waals surface area contributed by atoms with E-state index < -0.39 is 0 Å². The van der Waals surface area contributed by atoms with Crippen molar-refractivity contribution in [3.05, 3.63) is 83.3 Å². The normalized spacial score (nSPS) is 16.6. The fourth-order valence-electron chi connectivity index (χ4n) is 2.59. The third-order valence-electron chi connectivity index (χ3n) is 4.07. The van der Waals surface area contributed by atoms with Gasteiger partial charge in [-0.2, -0.15) is 0 Å². The Morgan fingerprint density at radius 2 is 1.00 bits per heavy atom. The molecule has 114 valence electrons. The van der Waals surface area contributed by atoms with Crippen LogP contribution in [0, 0.1) is 0 Å². The lowest BCUT2D eigenvalue weighted by Crippen LogP contribution is -2.14. The number of rotatable bonds is 6. The van der Waals surface area contributed by atoms with E-state index in [0.717, 1.165) is 24.4 Å². The van der Waals surface area contributed by atoms with E-state index in [1.807, 2.05) is 36.4 Å². The van der Waals surface area contributed by atoms with Crippen LogP contribution in [0.2, 0.25) is 0 Å². The summed E-state index contributed by atoms with van der Waals surface area (Å²) in [7, 11) is 0. The van der Waals surface area contributed by atoms with Crippen molar-refractivity contribution >= 4 is 0 Å². The van der Waals surface area contributed by atoms with Crippen LogP contribution in [0.5, 0.6) is 0 Å². The van der Waals surface area contributed by atoms with E-state index in [9.17, 15) is 0 Å². The minimum atomic E-state index is 0.0575. The average Bonchev–Trinajstić information content (AvgIpc) is 2.57. The van der Waals surface area contributed by atoms with E-state index in [4.69, 9.17) is 9.47 Å². The summed E-state index contributed by atoms with van der Waals surface area (Å²) in [5.41, 5.74) is 2.38. The SMILES string of the molecule is CC(OC1=C(OC(C)c2ccccc2)CC1)c1ccccc1. The van der Waals surface area contributed by atoms with Gasteiger partial charge in [-0.15, -0.1) is 0 Å². The molecule has 2 heteroatoms. The van der Waals surface area contributed by atoms with E-state index >= 15 is 0 Å². The lowest BCUT2D eigenvalue weighted by atomic mass is 10.0. The van der Waals surface area contributed by atoms with Gasteiger partial charge in [-0.1, -0.05) is 60.7 Å². The van der Waals surface area contributed by atoms with Crippen LogP contribution in [0.15, 0.2) is 72.2 Å². The van der Waals surface area contributed by atoms with Crippen LogP contribution in [0.3, 0.4) is 0 Å². The van der Waals surface area contributed by atoms with Gasteiger partial charge < -0.3 is 9.47 Å². The standard InChI is InChI=1S/C20H22O2/c1-15(17-9-5-3-6-10-17)21-19-13-14-20(19)22-16(2)18-11-7-4-8-12-18/h3-12,15-16H,13-14H2,1-2H3. The Labute approximate surface area is 132 Å². The Morgan fingerprint density at radius 3 is 1.32 bits per heavy atom. The Kier molecular flexibility index (Phi) is 4.47. The summed E-state index contributed by atoms with van der Waals surface area (Å²) in [6.45, 7) is 4.16. The maximum Gasteiger partial charge on any atom is 0.135 e. The van der Waals surface area contributed by atoms with Gasteiger partial charge in [0.1, 0.15) is 23.7 Å². The highest BCUT2D eigenvalue weighted by atomic mass is 16.5. The predicted octanol–water partition coefficient (Wildman–Crippen LogP) is 5.55. The summed E-state index contributed by atoms with van der Waals surface area (Å²) in [5.74, 6) is 2.00. The van der Waals surface area contributed by atoms with E-state index in [1.165, 1.54) is 11.1 Å². The van der Waals surface area contributed by atoms with Crippen molar-refractivity contribution in [1.82, 2.24) is 0 Å². The summed E-state index contributed by atoms with van der Waals surface area (Å²) in [6, 6.07) is 20.6. The van der Waals surface area contributed by atoms with E-state index in [0.29, 0.717) is 0 Å². The number of allylic oxidation sites excluding steroid dienone is 2. The quantitative estimate of drug-likeness (QED) is 0.695. The van der Waals surface area contributed by atoms with Crippen LogP contribution in [0.1, 0.15) is 50.0 Å². The molecule has 1 aliphatic carbocycles. The highest BCUT2D eigenvalue weighted by Gasteiger charge is 2.24. The van der Waals surface area contributed by atoms with Gasteiger partial charge in [0.25, 0.3) is 0 Å². The molecule has 0 aromatic heterocycles. The highest BCUT2D eigenvalue weighted by Crippen LogP contribution is 2.36. The first-order chi connectivity index (χ1) is 10.7. The average molecular weight is 294 g/mol. The lowest BCUT2D eigenvalue weighted by Gasteiger charge is -2.29. The van der Waals surface area contributed by atoms with Gasteiger partial charge in [0, 0.05) is 12.8 Å². The zero-order chi connectivity index (χ0) is 15.4. The summed E-state index contributed by atoms with van der Waals surface area (Å²) in [4.78, 5) is 0.